The Hall–Kier alpha value is -1.81. The Morgan fingerprint density at radius 2 is 2.07 bits per heavy atom. The summed E-state index contributed by atoms with van der Waals surface area (Å²) in [6.45, 7) is 0. The van der Waals surface area contributed by atoms with E-state index in [0.29, 0.717) is 11.3 Å². The van der Waals surface area contributed by atoms with Gasteiger partial charge in [-0.2, -0.15) is 0 Å². The number of hydrogen-bond donors (Lipinski definition) is 2. The zero-order valence-electron chi connectivity index (χ0n) is 7.94. The van der Waals surface area contributed by atoms with Crippen LogP contribution in [0.3, 0.4) is 0 Å². The molecule has 0 atom stereocenters. The Kier molecular flexibility index (Phi) is 2.43. The van der Waals surface area contributed by atoms with Gasteiger partial charge in [0.2, 0.25) is 5.91 Å². The maximum Gasteiger partial charge on any atom is 0.248 e. The Labute approximate surface area is 91.3 Å². The fraction of sp³-hybridized carbons (Fsp3) is 0. The molecule has 0 aliphatic rings. The number of amides is 1. The molecule has 2 rings (SSSR count). The van der Waals surface area contributed by atoms with E-state index in [1.54, 1.807) is 23.5 Å². The number of primary amides is 1. The van der Waals surface area contributed by atoms with Crippen LogP contribution >= 0.6 is 11.3 Å². The van der Waals surface area contributed by atoms with E-state index in [1.165, 1.54) is 0 Å². The average Bonchev–Trinajstić information content (AvgIpc) is 2.69. The van der Waals surface area contributed by atoms with Crippen LogP contribution in [-0.2, 0) is 0 Å². The summed E-state index contributed by atoms with van der Waals surface area (Å²) < 4.78 is 0. The second kappa shape index (κ2) is 3.74. The lowest BCUT2D eigenvalue weighted by molar-refractivity contribution is 0.100. The number of thiophene rings is 1. The molecule has 2 aromatic rings. The van der Waals surface area contributed by atoms with E-state index in [1.807, 2.05) is 23.6 Å². The summed E-state index contributed by atoms with van der Waals surface area (Å²) in [4.78, 5) is 12.1. The summed E-state index contributed by atoms with van der Waals surface area (Å²) in [5.74, 6) is -0.458. The number of carbonyl (C=O) groups is 1. The second-order valence-electron chi connectivity index (χ2n) is 3.19. The molecule has 76 valence electrons. The second-order valence-corrected chi connectivity index (χ2v) is 4.13. The van der Waals surface area contributed by atoms with Gasteiger partial charge in [0.1, 0.15) is 0 Å². The third kappa shape index (κ3) is 1.99. The van der Waals surface area contributed by atoms with Gasteiger partial charge in [-0.1, -0.05) is 6.07 Å². The van der Waals surface area contributed by atoms with E-state index in [-0.39, 0.29) is 0 Å². The van der Waals surface area contributed by atoms with E-state index in [2.05, 4.69) is 0 Å². The van der Waals surface area contributed by atoms with E-state index < -0.39 is 5.91 Å². The summed E-state index contributed by atoms with van der Waals surface area (Å²) in [5.41, 5.74) is 12.8. The first-order valence-electron chi connectivity index (χ1n) is 4.41. The van der Waals surface area contributed by atoms with Gasteiger partial charge >= 0.3 is 0 Å². The SMILES string of the molecule is NC(=O)c1cc(N)cc(-c2cccs2)c1. The van der Waals surface area contributed by atoms with Crippen molar-refractivity contribution in [2.24, 2.45) is 5.73 Å². The standard InChI is InChI=1S/C11H10N2OS/c12-9-5-7(10-2-1-3-15-10)4-8(6-9)11(13)14/h1-6H,12H2,(H2,13,14). The van der Waals surface area contributed by atoms with E-state index >= 15 is 0 Å². The molecule has 0 radical (unpaired) electrons. The smallest absolute Gasteiger partial charge is 0.248 e. The van der Waals surface area contributed by atoms with Gasteiger partial charge in [-0.05, 0) is 35.2 Å². The maximum absolute atomic E-state index is 11.0. The zero-order chi connectivity index (χ0) is 10.8. The number of carbonyl (C=O) groups excluding carboxylic acids is 1. The van der Waals surface area contributed by atoms with Crippen molar-refractivity contribution in [3.8, 4) is 10.4 Å². The van der Waals surface area contributed by atoms with Gasteiger partial charge in [0.25, 0.3) is 0 Å². The molecule has 4 N–H and O–H groups in total. The van der Waals surface area contributed by atoms with Crippen LogP contribution in [0.5, 0.6) is 0 Å². The minimum Gasteiger partial charge on any atom is -0.399 e. The third-order valence-corrected chi connectivity index (χ3v) is 2.96. The fourth-order valence-corrected chi connectivity index (χ4v) is 2.09. The molecule has 0 bridgehead atoms. The van der Waals surface area contributed by atoms with Crippen LogP contribution in [0, 0.1) is 0 Å². The van der Waals surface area contributed by atoms with E-state index in [0.717, 1.165) is 10.4 Å². The average molecular weight is 218 g/mol. The number of anilines is 1. The van der Waals surface area contributed by atoms with Crippen molar-refractivity contribution in [1.29, 1.82) is 0 Å². The first-order valence-corrected chi connectivity index (χ1v) is 5.29. The van der Waals surface area contributed by atoms with Crippen molar-refractivity contribution in [1.82, 2.24) is 0 Å². The molecule has 0 unspecified atom stereocenters. The molecular formula is C11H10N2OS. The Morgan fingerprint density at radius 3 is 2.67 bits per heavy atom. The normalized spacial score (nSPS) is 10.1. The lowest BCUT2D eigenvalue weighted by atomic mass is 10.1. The molecule has 0 saturated heterocycles. The third-order valence-electron chi connectivity index (χ3n) is 2.05. The first-order chi connectivity index (χ1) is 7.16. The van der Waals surface area contributed by atoms with Gasteiger partial charge < -0.3 is 11.5 Å². The molecule has 1 heterocycles. The quantitative estimate of drug-likeness (QED) is 0.758. The monoisotopic (exact) mass is 218 g/mol. The van der Waals surface area contributed by atoms with Crippen LogP contribution in [0.1, 0.15) is 10.4 Å². The number of hydrogen-bond acceptors (Lipinski definition) is 3. The van der Waals surface area contributed by atoms with Gasteiger partial charge in [0.15, 0.2) is 0 Å². The van der Waals surface area contributed by atoms with Gasteiger partial charge in [-0.3, -0.25) is 4.79 Å². The van der Waals surface area contributed by atoms with Gasteiger partial charge in [0.05, 0.1) is 0 Å². The minimum atomic E-state index is -0.458. The van der Waals surface area contributed by atoms with Crippen molar-refractivity contribution < 1.29 is 4.79 Å². The topological polar surface area (TPSA) is 69.1 Å². The number of nitrogen functional groups attached to an aromatic ring is 1. The Morgan fingerprint density at radius 1 is 1.27 bits per heavy atom. The molecule has 1 aromatic carbocycles. The minimum absolute atomic E-state index is 0.443. The van der Waals surface area contributed by atoms with E-state index in [9.17, 15) is 4.79 Å². The molecule has 3 nitrogen and oxygen atoms in total. The van der Waals surface area contributed by atoms with E-state index in [4.69, 9.17) is 11.5 Å². The molecule has 1 aromatic heterocycles. The summed E-state index contributed by atoms with van der Waals surface area (Å²) in [7, 11) is 0. The largest absolute Gasteiger partial charge is 0.399 e. The van der Waals surface area contributed by atoms with Crippen LogP contribution in [0.4, 0.5) is 5.69 Å². The van der Waals surface area contributed by atoms with Crippen molar-refractivity contribution in [3.05, 3.63) is 41.3 Å². The lowest BCUT2D eigenvalue weighted by Crippen LogP contribution is -2.11. The van der Waals surface area contributed by atoms with Crippen LogP contribution in [0.25, 0.3) is 10.4 Å². The van der Waals surface area contributed by atoms with Gasteiger partial charge in [-0.25, -0.2) is 0 Å². The summed E-state index contributed by atoms with van der Waals surface area (Å²) in [6.07, 6.45) is 0. The number of rotatable bonds is 2. The molecule has 0 spiro atoms. The highest BCUT2D eigenvalue weighted by molar-refractivity contribution is 7.13. The maximum atomic E-state index is 11.0. The summed E-state index contributed by atoms with van der Waals surface area (Å²) >= 11 is 1.60. The number of benzene rings is 1. The van der Waals surface area contributed by atoms with Crippen molar-refractivity contribution in [2.45, 2.75) is 0 Å². The Balaban J connectivity index is 2.54. The molecule has 4 heteroatoms. The Bertz CT molecular complexity index is 491. The number of nitrogens with two attached hydrogens (primary N) is 2. The highest BCUT2D eigenvalue weighted by Crippen LogP contribution is 2.27. The van der Waals surface area contributed by atoms with Crippen LogP contribution in [0.15, 0.2) is 35.7 Å². The first kappa shape index (κ1) is 9.73. The van der Waals surface area contributed by atoms with Crippen LogP contribution in [-0.4, -0.2) is 5.91 Å². The predicted molar refractivity (Wildman–Crippen MR) is 62.7 cm³/mol. The summed E-state index contributed by atoms with van der Waals surface area (Å²) in [5, 5.41) is 1.97. The zero-order valence-corrected chi connectivity index (χ0v) is 8.75. The molecule has 0 aliphatic carbocycles. The molecule has 1 amide bonds. The summed E-state index contributed by atoms with van der Waals surface area (Å²) in [6, 6.07) is 9.10. The molecule has 15 heavy (non-hydrogen) atoms. The fourth-order valence-electron chi connectivity index (χ4n) is 1.38. The van der Waals surface area contributed by atoms with Crippen LogP contribution < -0.4 is 11.5 Å². The van der Waals surface area contributed by atoms with Crippen molar-refractivity contribution >= 4 is 22.9 Å². The van der Waals surface area contributed by atoms with Gasteiger partial charge in [-0.15, -0.1) is 11.3 Å². The highest BCUT2D eigenvalue weighted by atomic mass is 32.1. The van der Waals surface area contributed by atoms with Gasteiger partial charge in [0, 0.05) is 16.1 Å². The molecule has 0 fully saturated rings. The molecule has 0 saturated carbocycles. The van der Waals surface area contributed by atoms with Crippen molar-refractivity contribution in [3.63, 3.8) is 0 Å². The molecule has 0 aliphatic heterocycles. The highest BCUT2D eigenvalue weighted by Gasteiger charge is 2.05. The van der Waals surface area contributed by atoms with Crippen molar-refractivity contribution in [2.75, 3.05) is 5.73 Å². The lowest BCUT2D eigenvalue weighted by Gasteiger charge is -2.03. The van der Waals surface area contributed by atoms with Crippen LogP contribution in [0.2, 0.25) is 0 Å². The predicted octanol–water partition coefficient (Wildman–Crippen LogP) is 2.10. The molecular weight excluding hydrogens is 208 g/mol.